The number of rotatable bonds is 60. The van der Waals surface area contributed by atoms with Gasteiger partial charge < -0.3 is 42.6 Å². The molecule has 6 amide bonds. The standard InChI is InChI=1S/C102H138N12O15/c1-10-19-28-37-52-121-82-64-73(65-83(122-53-38-29-20-11-2)94(82)127-58-43-34-25-16-7)100(118)112-109-97(115)70-46-49-76-79(61-70)106-91-88(103-76)89-92(107-80-62-71(47-50-77(80)104-89)98(116)110-113-101(119)74-66-84(123-54-39-30-21-12-3)95(128-59-44-35-26-17-8)85(67-74)124-55-40-31-22-13-4)93-90(91)105-78-51-48-72(63-81(78)108-93)99(117)111-114-102(120)75-68-86(125-56-41-32-23-14-5)96(129-60-45-36-27-18-9)87(69-75)126-57-42-33-24-15-6/h46-51,61-69H,10-45,52-60H2,1-9H3,(H,109,115)(H,110,116)(H,111,117)(H,112,118)(H,113,119)(H,114,120). The summed E-state index contributed by atoms with van der Waals surface area (Å²) in [6.07, 6.45) is 35.5. The van der Waals surface area contributed by atoms with E-state index < -0.39 is 35.4 Å². The van der Waals surface area contributed by atoms with Crippen molar-refractivity contribution in [1.29, 1.82) is 0 Å². The topological polar surface area (TPSA) is 335 Å². The largest absolute Gasteiger partial charge is 0.490 e. The van der Waals surface area contributed by atoms with Crippen LogP contribution in [0.2, 0.25) is 0 Å². The summed E-state index contributed by atoms with van der Waals surface area (Å²) in [6.45, 7) is 23.2. The second kappa shape index (κ2) is 54.6. The number of carbonyl (C=O) groups is 6. The third-order valence-electron chi connectivity index (χ3n) is 22.4. The van der Waals surface area contributed by atoms with Gasteiger partial charge in [0.25, 0.3) is 35.4 Å². The van der Waals surface area contributed by atoms with E-state index in [-0.39, 0.29) is 83.0 Å². The van der Waals surface area contributed by atoms with Crippen molar-refractivity contribution in [2.45, 2.75) is 293 Å². The molecule has 0 aliphatic rings. The highest BCUT2D eigenvalue weighted by Gasteiger charge is 2.27. The zero-order chi connectivity index (χ0) is 91.3. The quantitative estimate of drug-likeness (QED) is 0.00892. The van der Waals surface area contributed by atoms with Crippen molar-refractivity contribution in [3.63, 3.8) is 0 Å². The average Bonchev–Trinajstić information content (AvgIpc) is 0.717. The maximum absolute atomic E-state index is 14.4. The molecule has 0 spiro atoms. The summed E-state index contributed by atoms with van der Waals surface area (Å²) in [5.41, 5.74) is 19.8. The van der Waals surface area contributed by atoms with Crippen LogP contribution in [0.1, 0.15) is 356 Å². The van der Waals surface area contributed by atoms with E-state index in [1.807, 2.05) is 0 Å². The van der Waals surface area contributed by atoms with E-state index in [2.05, 4.69) is 94.9 Å². The molecule has 0 aliphatic carbocycles. The van der Waals surface area contributed by atoms with E-state index in [1.54, 1.807) is 84.9 Å². The molecule has 129 heavy (non-hydrogen) atoms. The minimum absolute atomic E-state index is 0.111. The molecule has 0 radical (unpaired) electrons. The van der Waals surface area contributed by atoms with E-state index in [0.29, 0.717) is 128 Å². The van der Waals surface area contributed by atoms with Crippen LogP contribution in [-0.4, -0.2) is 125 Å². The van der Waals surface area contributed by atoms with Gasteiger partial charge in [-0.3, -0.25) is 61.3 Å². The molecule has 7 aromatic carbocycles. The van der Waals surface area contributed by atoms with Gasteiger partial charge in [0.05, 0.1) is 92.6 Å². The van der Waals surface area contributed by atoms with Gasteiger partial charge in [-0.1, -0.05) is 236 Å². The molecule has 0 saturated carbocycles. The fourth-order valence-corrected chi connectivity index (χ4v) is 14.9. The van der Waals surface area contributed by atoms with Crippen LogP contribution in [0, 0.1) is 0 Å². The molecule has 0 aliphatic heterocycles. The SMILES string of the molecule is CCCCCCOc1cc(C(=O)NNC(=O)c2ccc3nc4c5nc6ccc(C(=O)NNC(=O)c7cc(OCCCCCC)c(OCCCCCC)c(OCCCCCC)c7)cc6nc5c5nc6cc(C(=O)NNC(=O)c7cc(OCCCCCC)c(OCCCCCC)c(OCCCCCC)c7)ccc6nc5c4nc3c2)cc(OCCCCCC)c1OCCCCCC. The number of hydrogen-bond donors (Lipinski definition) is 6. The lowest BCUT2D eigenvalue weighted by Crippen LogP contribution is -2.41. The van der Waals surface area contributed by atoms with Crippen molar-refractivity contribution < 1.29 is 71.4 Å². The molecule has 6 N–H and O–H groups in total. The van der Waals surface area contributed by atoms with Crippen LogP contribution in [0.4, 0.5) is 0 Å². The molecule has 10 aromatic rings. The zero-order valence-corrected chi connectivity index (χ0v) is 77.8. The van der Waals surface area contributed by atoms with Crippen molar-refractivity contribution in [2.24, 2.45) is 0 Å². The Morgan fingerprint density at radius 1 is 0.194 bits per heavy atom. The average molecular weight is 1770 g/mol. The summed E-state index contributed by atoms with van der Waals surface area (Å²) < 4.78 is 57.7. The molecular weight excluding hydrogens is 1630 g/mol. The minimum atomic E-state index is -0.672. The van der Waals surface area contributed by atoms with Crippen LogP contribution in [0.15, 0.2) is 91.0 Å². The second-order valence-electron chi connectivity index (χ2n) is 33.2. The molecule has 0 unspecified atom stereocenters. The minimum Gasteiger partial charge on any atom is -0.490 e. The Morgan fingerprint density at radius 2 is 0.357 bits per heavy atom. The number of hydrogen-bond acceptors (Lipinski definition) is 21. The molecule has 0 bridgehead atoms. The Balaban J connectivity index is 0.988. The van der Waals surface area contributed by atoms with Gasteiger partial charge in [-0.2, -0.15) is 0 Å². The highest BCUT2D eigenvalue weighted by atomic mass is 16.6. The molecule has 27 heteroatoms. The molecule has 10 rings (SSSR count). The third kappa shape index (κ3) is 30.0. The lowest BCUT2D eigenvalue weighted by Gasteiger charge is -2.19. The van der Waals surface area contributed by atoms with Gasteiger partial charge in [-0.15, -0.1) is 0 Å². The second-order valence-corrected chi connectivity index (χ2v) is 33.2. The summed E-state index contributed by atoms with van der Waals surface area (Å²) >= 11 is 0. The molecule has 27 nitrogen and oxygen atoms in total. The first kappa shape index (κ1) is 99.5. The Kier molecular flexibility index (Phi) is 42.1. The van der Waals surface area contributed by atoms with Crippen molar-refractivity contribution in [2.75, 3.05) is 59.5 Å². The number of ether oxygens (including phenoxy) is 9. The van der Waals surface area contributed by atoms with Crippen LogP contribution in [0.5, 0.6) is 51.7 Å². The first-order valence-electron chi connectivity index (χ1n) is 48.1. The predicted molar refractivity (Wildman–Crippen MR) is 509 cm³/mol. The number of fused-ring (bicyclic) bond motifs is 9. The molecule has 0 atom stereocenters. The monoisotopic (exact) mass is 1770 g/mol. The van der Waals surface area contributed by atoms with E-state index in [4.69, 9.17) is 72.5 Å². The van der Waals surface area contributed by atoms with Gasteiger partial charge in [-0.05, 0) is 149 Å². The summed E-state index contributed by atoms with van der Waals surface area (Å²) in [6, 6.07) is 24.0. The first-order chi connectivity index (χ1) is 63.1. The van der Waals surface area contributed by atoms with Crippen LogP contribution in [0.25, 0.3) is 66.2 Å². The van der Waals surface area contributed by atoms with Crippen molar-refractivity contribution in [3.05, 3.63) is 124 Å². The van der Waals surface area contributed by atoms with Gasteiger partial charge in [-0.25, -0.2) is 29.9 Å². The number of amides is 6. The van der Waals surface area contributed by atoms with Gasteiger partial charge >= 0.3 is 0 Å². The summed E-state index contributed by atoms with van der Waals surface area (Å²) in [7, 11) is 0. The highest BCUT2D eigenvalue weighted by Crippen LogP contribution is 2.44. The van der Waals surface area contributed by atoms with Gasteiger partial charge in [0.2, 0.25) is 17.2 Å². The molecule has 0 fully saturated rings. The summed E-state index contributed by atoms with van der Waals surface area (Å²) in [5.74, 6) is -0.266. The fourth-order valence-electron chi connectivity index (χ4n) is 14.9. The highest BCUT2D eigenvalue weighted by molar-refractivity contribution is 6.21. The maximum Gasteiger partial charge on any atom is 0.269 e. The van der Waals surface area contributed by atoms with Crippen LogP contribution < -0.4 is 75.2 Å². The fraction of sp³-hybridized carbons (Fsp3) is 0.529. The Labute approximate surface area is 760 Å². The number of carbonyl (C=O) groups excluding carboxylic acids is 6. The van der Waals surface area contributed by atoms with E-state index in [9.17, 15) is 28.8 Å². The van der Waals surface area contributed by atoms with Crippen LogP contribution in [-0.2, 0) is 0 Å². The summed E-state index contributed by atoms with van der Waals surface area (Å²) in [5, 5.41) is 0. The molecule has 0 saturated heterocycles. The van der Waals surface area contributed by atoms with Gasteiger partial charge in [0, 0.05) is 33.4 Å². The van der Waals surface area contributed by atoms with Crippen molar-refractivity contribution in [1.82, 2.24) is 62.5 Å². The number of aromatic nitrogens is 6. The molecule has 3 aromatic heterocycles. The Morgan fingerprint density at radius 3 is 0.535 bits per heavy atom. The number of benzene rings is 7. The van der Waals surface area contributed by atoms with Crippen LogP contribution in [0.3, 0.4) is 0 Å². The van der Waals surface area contributed by atoms with E-state index in [0.717, 1.165) is 231 Å². The van der Waals surface area contributed by atoms with Gasteiger partial charge in [0.1, 0.15) is 33.1 Å². The summed E-state index contributed by atoms with van der Waals surface area (Å²) in [4.78, 5) is 117. The van der Waals surface area contributed by atoms with E-state index >= 15 is 0 Å². The smallest absolute Gasteiger partial charge is 0.269 e. The third-order valence-corrected chi connectivity index (χ3v) is 22.4. The molecule has 3 heterocycles. The number of nitrogens with one attached hydrogen (secondary N) is 6. The lowest BCUT2D eigenvalue weighted by atomic mass is 10.1. The normalized spacial score (nSPS) is 11.3. The molecular formula is C102H138N12O15. The predicted octanol–water partition coefficient (Wildman–Crippen LogP) is 22.8. The number of nitrogens with zero attached hydrogens (tertiary/aromatic N) is 6. The van der Waals surface area contributed by atoms with E-state index in [1.165, 1.54) is 6.07 Å². The van der Waals surface area contributed by atoms with Crippen LogP contribution >= 0.6 is 0 Å². The lowest BCUT2D eigenvalue weighted by molar-refractivity contribution is 0.0846. The van der Waals surface area contributed by atoms with Gasteiger partial charge in [0.15, 0.2) is 34.5 Å². The van der Waals surface area contributed by atoms with Crippen molar-refractivity contribution >= 4 is 102 Å². The Bertz CT molecular complexity index is 5190. The number of hydrazine groups is 3. The maximum atomic E-state index is 14.4. The molecule has 696 valence electrons. The first-order valence-corrected chi connectivity index (χ1v) is 48.1. The van der Waals surface area contributed by atoms with Crippen molar-refractivity contribution in [3.8, 4) is 51.7 Å². The number of unbranched alkanes of at least 4 members (excludes halogenated alkanes) is 27. The Hall–Kier alpha value is -11.6. The zero-order valence-electron chi connectivity index (χ0n) is 77.8.